The van der Waals surface area contributed by atoms with Gasteiger partial charge in [-0.25, -0.2) is 4.39 Å². The van der Waals surface area contributed by atoms with Crippen LogP contribution in [0.4, 0.5) is 10.1 Å². The Hall–Kier alpha value is -1.21. The van der Waals surface area contributed by atoms with E-state index in [2.05, 4.69) is 15.9 Å². The Kier molecular flexibility index (Phi) is 6.35. The second-order valence-electron chi connectivity index (χ2n) is 3.94. The summed E-state index contributed by atoms with van der Waals surface area (Å²) in [5.41, 5.74) is 6.23. The van der Waals surface area contributed by atoms with Gasteiger partial charge in [-0.1, -0.05) is 12.2 Å². The fourth-order valence-corrected chi connectivity index (χ4v) is 2.55. The summed E-state index contributed by atoms with van der Waals surface area (Å²) in [5, 5.41) is 0. The first-order chi connectivity index (χ1) is 9.42. The van der Waals surface area contributed by atoms with E-state index in [4.69, 9.17) is 22.7 Å². The van der Waals surface area contributed by atoms with Gasteiger partial charge in [-0.3, -0.25) is 4.79 Å². The first kappa shape index (κ1) is 16.8. The van der Waals surface area contributed by atoms with Crippen LogP contribution < -0.4 is 10.6 Å². The van der Waals surface area contributed by atoms with Crippen LogP contribution in [0.1, 0.15) is 19.4 Å². The first-order valence-corrected chi connectivity index (χ1v) is 7.30. The molecule has 1 rings (SSSR count). The van der Waals surface area contributed by atoms with E-state index in [0.29, 0.717) is 24.4 Å². The summed E-state index contributed by atoms with van der Waals surface area (Å²) in [6.45, 7) is 4.30. The molecule has 7 heteroatoms. The molecular formula is C13H16BrFN2O2S. The minimum Gasteiger partial charge on any atom is -0.465 e. The zero-order chi connectivity index (χ0) is 15.3. The largest absolute Gasteiger partial charge is 0.465 e. The van der Waals surface area contributed by atoms with Crippen molar-refractivity contribution in [1.82, 2.24) is 0 Å². The lowest BCUT2D eigenvalue weighted by atomic mass is 10.2. The number of halogens is 2. The number of ether oxygens (including phenoxy) is 1. The lowest BCUT2D eigenvalue weighted by Crippen LogP contribution is -2.31. The average Bonchev–Trinajstić information content (AvgIpc) is 2.39. The van der Waals surface area contributed by atoms with Gasteiger partial charge in [0.15, 0.2) is 5.82 Å². The Morgan fingerprint density at radius 3 is 2.65 bits per heavy atom. The van der Waals surface area contributed by atoms with E-state index >= 15 is 0 Å². The Morgan fingerprint density at radius 2 is 2.15 bits per heavy atom. The molecule has 0 aliphatic heterocycles. The van der Waals surface area contributed by atoms with Gasteiger partial charge in [0.05, 0.1) is 16.8 Å². The lowest BCUT2D eigenvalue weighted by molar-refractivity contribution is -0.141. The van der Waals surface area contributed by atoms with Crippen molar-refractivity contribution in [1.29, 1.82) is 0 Å². The number of esters is 1. The van der Waals surface area contributed by atoms with Crippen molar-refractivity contribution < 1.29 is 13.9 Å². The molecule has 20 heavy (non-hydrogen) atoms. The van der Waals surface area contributed by atoms with E-state index < -0.39 is 11.8 Å². The van der Waals surface area contributed by atoms with Gasteiger partial charge in [0.2, 0.25) is 0 Å². The molecule has 0 aliphatic carbocycles. The molecule has 110 valence electrons. The number of thiocarbonyl (C=S) groups is 1. The Labute approximate surface area is 131 Å². The molecule has 0 aliphatic rings. The molecule has 0 atom stereocenters. The third-order valence-corrected chi connectivity index (χ3v) is 3.67. The predicted octanol–water partition coefficient (Wildman–Crippen LogP) is 2.61. The van der Waals surface area contributed by atoms with Crippen molar-refractivity contribution in [3.05, 3.63) is 28.0 Å². The van der Waals surface area contributed by atoms with E-state index in [-0.39, 0.29) is 16.0 Å². The smallest absolute Gasteiger partial charge is 0.325 e. The highest BCUT2D eigenvalue weighted by molar-refractivity contribution is 9.10. The van der Waals surface area contributed by atoms with E-state index in [1.165, 1.54) is 0 Å². The number of anilines is 1. The number of carbonyl (C=O) groups excluding carboxylic acids is 1. The van der Waals surface area contributed by atoms with Crippen LogP contribution in [-0.4, -0.2) is 30.7 Å². The van der Waals surface area contributed by atoms with Crippen LogP contribution >= 0.6 is 28.1 Å². The van der Waals surface area contributed by atoms with Gasteiger partial charge in [0.1, 0.15) is 11.5 Å². The SMILES string of the molecule is CCOC(=O)CN(CC)c1ccc(C(N)=S)c(Br)c1F. The molecule has 4 nitrogen and oxygen atoms in total. The molecule has 1 aromatic carbocycles. The normalized spacial score (nSPS) is 10.2. The molecule has 0 saturated heterocycles. The van der Waals surface area contributed by atoms with Crippen molar-refractivity contribution >= 4 is 44.8 Å². The number of rotatable bonds is 6. The topological polar surface area (TPSA) is 55.6 Å². The molecule has 0 unspecified atom stereocenters. The highest BCUT2D eigenvalue weighted by Crippen LogP contribution is 2.29. The van der Waals surface area contributed by atoms with E-state index in [0.717, 1.165) is 0 Å². The Bertz CT molecular complexity index is 525. The summed E-state index contributed by atoms with van der Waals surface area (Å²) in [5.74, 6) is -0.898. The fraction of sp³-hybridized carbons (Fsp3) is 0.385. The van der Waals surface area contributed by atoms with Gasteiger partial charge >= 0.3 is 5.97 Å². The van der Waals surface area contributed by atoms with Gasteiger partial charge in [-0.05, 0) is 41.9 Å². The summed E-state index contributed by atoms with van der Waals surface area (Å²) in [6.07, 6.45) is 0. The van der Waals surface area contributed by atoms with Crippen LogP contribution in [0.15, 0.2) is 16.6 Å². The van der Waals surface area contributed by atoms with Crippen LogP contribution in [0.25, 0.3) is 0 Å². The summed E-state index contributed by atoms with van der Waals surface area (Å²) in [6, 6.07) is 3.18. The van der Waals surface area contributed by atoms with Crippen molar-refractivity contribution in [3.8, 4) is 0 Å². The zero-order valence-corrected chi connectivity index (χ0v) is 13.7. The van der Waals surface area contributed by atoms with Crippen molar-refractivity contribution in [2.75, 3.05) is 24.6 Å². The average molecular weight is 363 g/mol. The van der Waals surface area contributed by atoms with Crippen LogP contribution in [0.2, 0.25) is 0 Å². The molecule has 0 heterocycles. The molecule has 0 amide bonds. The first-order valence-electron chi connectivity index (χ1n) is 6.10. The zero-order valence-electron chi connectivity index (χ0n) is 11.3. The van der Waals surface area contributed by atoms with E-state index in [1.54, 1.807) is 24.0 Å². The quantitative estimate of drug-likeness (QED) is 0.622. The maximum Gasteiger partial charge on any atom is 0.325 e. The molecule has 0 aromatic heterocycles. The van der Waals surface area contributed by atoms with Crippen molar-refractivity contribution in [3.63, 3.8) is 0 Å². The Balaban J connectivity index is 3.08. The predicted molar refractivity (Wildman–Crippen MR) is 84.5 cm³/mol. The highest BCUT2D eigenvalue weighted by Gasteiger charge is 2.19. The molecule has 0 saturated carbocycles. The van der Waals surface area contributed by atoms with Crippen LogP contribution in [0.3, 0.4) is 0 Å². The van der Waals surface area contributed by atoms with E-state index in [9.17, 15) is 9.18 Å². The fourth-order valence-electron chi connectivity index (χ4n) is 1.70. The van der Waals surface area contributed by atoms with Gasteiger partial charge < -0.3 is 15.4 Å². The second kappa shape index (κ2) is 7.54. The number of hydrogen-bond donors (Lipinski definition) is 1. The van der Waals surface area contributed by atoms with Gasteiger partial charge in [0.25, 0.3) is 0 Å². The maximum absolute atomic E-state index is 14.3. The number of benzene rings is 1. The Morgan fingerprint density at radius 1 is 1.50 bits per heavy atom. The number of likely N-dealkylation sites (N-methyl/N-ethyl adjacent to an activating group) is 1. The summed E-state index contributed by atoms with van der Waals surface area (Å²) >= 11 is 7.99. The molecule has 2 N–H and O–H groups in total. The second-order valence-corrected chi connectivity index (χ2v) is 5.18. The van der Waals surface area contributed by atoms with Gasteiger partial charge in [0, 0.05) is 12.1 Å². The number of carbonyl (C=O) groups is 1. The summed E-state index contributed by atoms with van der Waals surface area (Å²) < 4.78 is 19.4. The molecule has 1 aromatic rings. The van der Waals surface area contributed by atoms with Crippen molar-refractivity contribution in [2.45, 2.75) is 13.8 Å². The molecule has 0 fully saturated rings. The van der Waals surface area contributed by atoms with E-state index in [1.807, 2.05) is 6.92 Å². The lowest BCUT2D eigenvalue weighted by Gasteiger charge is -2.23. The third-order valence-electron chi connectivity index (χ3n) is 2.68. The minimum atomic E-state index is -0.499. The maximum atomic E-state index is 14.3. The number of nitrogens with two attached hydrogens (primary N) is 1. The standard InChI is InChI=1S/C13H16BrFN2O2S/c1-3-17(7-10(18)19-4-2)9-6-5-8(13(16)20)11(14)12(9)15/h5-6H,3-4,7H2,1-2H3,(H2,16,20). The van der Waals surface area contributed by atoms with Crippen molar-refractivity contribution in [2.24, 2.45) is 5.73 Å². The van der Waals surface area contributed by atoms with Gasteiger partial charge in [-0.15, -0.1) is 0 Å². The van der Waals surface area contributed by atoms with Crippen LogP contribution in [-0.2, 0) is 9.53 Å². The summed E-state index contributed by atoms with van der Waals surface area (Å²) in [7, 11) is 0. The minimum absolute atomic E-state index is 0.0138. The highest BCUT2D eigenvalue weighted by atomic mass is 79.9. The third kappa shape index (κ3) is 3.89. The monoisotopic (exact) mass is 362 g/mol. The number of nitrogens with zero attached hydrogens (tertiary/aromatic N) is 1. The van der Waals surface area contributed by atoms with Gasteiger partial charge in [-0.2, -0.15) is 0 Å². The molecular weight excluding hydrogens is 347 g/mol. The van der Waals surface area contributed by atoms with Crippen LogP contribution in [0.5, 0.6) is 0 Å². The number of hydrogen-bond acceptors (Lipinski definition) is 4. The molecule has 0 spiro atoms. The molecule has 0 radical (unpaired) electrons. The molecule has 0 bridgehead atoms. The van der Waals surface area contributed by atoms with Crippen LogP contribution in [0, 0.1) is 5.82 Å². The summed E-state index contributed by atoms with van der Waals surface area (Å²) in [4.78, 5) is 13.2.